The summed E-state index contributed by atoms with van der Waals surface area (Å²) in [6, 6.07) is 4.73. The van der Waals surface area contributed by atoms with Crippen LogP contribution in [0.2, 0.25) is 0 Å². The molecule has 3 N–H and O–H groups in total. The van der Waals surface area contributed by atoms with Gasteiger partial charge in [0.25, 0.3) is 0 Å². The molecule has 108 valence electrons. The Labute approximate surface area is 118 Å². The minimum atomic E-state index is -0.226. The van der Waals surface area contributed by atoms with E-state index in [9.17, 15) is 4.39 Å². The van der Waals surface area contributed by atoms with E-state index in [1.54, 1.807) is 6.07 Å². The molecule has 1 atom stereocenters. The topological polar surface area (TPSA) is 55.9 Å². The summed E-state index contributed by atoms with van der Waals surface area (Å²) in [5, 5.41) is 4.42. The zero-order chi connectivity index (χ0) is 14.9. The van der Waals surface area contributed by atoms with E-state index in [2.05, 4.69) is 10.5 Å². The van der Waals surface area contributed by atoms with Crippen LogP contribution >= 0.6 is 0 Å². The number of hydrogen-bond acceptors (Lipinski definition) is 3. The Morgan fingerprint density at radius 3 is 2.55 bits per heavy atom. The number of benzene rings is 1. The molecular weight excluding hydrogens is 255 g/mol. The molecule has 1 aromatic heterocycles. The fourth-order valence-corrected chi connectivity index (χ4v) is 2.61. The predicted molar refractivity (Wildman–Crippen MR) is 77.6 cm³/mol. The summed E-state index contributed by atoms with van der Waals surface area (Å²) in [4.78, 5) is 0. The van der Waals surface area contributed by atoms with E-state index >= 15 is 0 Å². The summed E-state index contributed by atoms with van der Waals surface area (Å²) in [5.41, 5.74) is 8.05. The van der Waals surface area contributed by atoms with Gasteiger partial charge in [-0.1, -0.05) is 6.07 Å². The van der Waals surface area contributed by atoms with Crippen LogP contribution in [0.4, 0.5) is 4.39 Å². The van der Waals surface area contributed by atoms with Crippen LogP contribution in [0.25, 0.3) is 0 Å². The van der Waals surface area contributed by atoms with Crippen molar-refractivity contribution in [1.82, 2.24) is 15.2 Å². The summed E-state index contributed by atoms with van der Waals surface area (Å²) in [7, 11) is 1.93. The second kappa shape index (κ2) is 5.73. The Morgan fingerprint density at radius 2 is 2.05 bits per heavy atom. The Bertz CT molecular complexity index is 619. The molecule has 0 saturated carbocycles. The summed E-state index contributed by atoms with van der Waals surface area (Å²) < 4.78 is 15.1. The SMILES string of the molecule is Cc1cc(F)ccc1C(Cc1c(C)nn(C)c1C)NN. The second-order valence-electron chi connectivity index (χ2n) is 5.20. The van der Waals surface area contributed by atoms with Crippen LogP contribution in [0.3, 0.4) is 0 Å². The zero-order valence-corrected chi connectivity index (χ0v) is 12.4. The van der Waals surface area contributed by atoms with Gasteiger partial charge in [-0.15, -0.1) is 0 Å². The molecule has 0 amide bonds. The van der Waals surface area contributed by atoms with Crippen molar-refractivity contribution in [3.63, 3.8) is 0 Å². The first kappa shape index (κ1) is 14.7. The van der Waals surface area contributed by atoms with E-state index in [4.69, 9.17) is 5.84 Å². The van der Waals surface area contributed by atoms with Crippen molar-refractivity contribution >= 4 is 0 Å². The van der Waals surface area contributed by atoms with E-state index in [0.29, 0.717) is 0 Å². The Hall–Kier alpha value is -1.72. The number of nitrogens with two attached hydrogens (primary N) is 1. The van der Waals surface area contributed by atoms with Gasteiger partial charge in [0.05, 0.1) is 11.7 Å². The number of hydrogen-bond donors (Lipinski definition) is 2. The Balaban J connectivity index is 2.33. The van der Waals surface area contributed by atoms with Gasteiger partial charge in [-0.2, -0.15) is 5.10 Å². The maximum absolute atomic E-state index is 13.2. The smallest absolute Gasteiger partial charge is 0.123 e. The maximum Gasteiger partial charge on any atom is 0.123 e. The zero-order valence-electron chi connectivity index (χ0n) is 12.4. The molecule has 4 nitrogen and oxygen atoms in total. The lowest BCUT2D eigenvalue weighted by atomic mass is 9.95. The summed E-state index contributed by atoms with van der Waals surface area (Å²) in [6.45, 7) is 5.93. The average molecular weight is 276 g/mol. The highest BCUT2D eigenvalue weighted by molar-refractivity contribution is 5.33. The third kappa shape index (κ3) is 2.73. The van der Waals surface area contributed by atoms with E-state index < -0.39 is 0 Å². The highest BCUT2D eigenvalue weighted by atomic mass is 19.1. The first-order valence-electron chi connectivity index (χ1n) is 6.65. The molecule has 2 rings (SSSR count). The van der Waals surface area contributed by atoms with Crippen molar-refractivity contribution in [2.75, 3.05) is 0 Å². The number of hydrazine groups is 1. The van der Waals surface area contributed by atoms with Crippen LogP contribution in [0.1, 0.15) is 34.1 Å². The average Bonchev–Trinajstić information content (AvgIpc) is 2.62. The van der Waals surface area contributed by atoms with Crippen molar-refractivity contribution in [1.29, 1.82) is 0 Å². The number of aryl methyl sites for hydroxylation is 3. The summed E-state index contributed by atoms with van der Waals surface area (Å²) in [5.74, 6) is 5.47. The molecule has 0 bridgehead atoms. The van der Waals surface area contributed by atoms with Crippen molar-refractivity contribution in [2.45, 2.75) is 33.2 Å². The summed E-state index contributed by atoms with van der Waals surface area (Å²) in [6.07, 6.45) is 0.731. The number of rotatable bonds is 4. The van der Waals surface area contributed by atoms with Crippen molar-refractivity contribution < 1.29 is 4.39 Å². The Kier molecular flexibility index (Phi) is 4.20. The van der Waals surface area contributed by atoms with Crippen LogP contribution in [0.5, 0.6) is 0 Å². The van der Waals surface area contributed by atoms with Gasteiger partial charge in [0.2, 0.25) is 0 Å². The number of nitrogens with zero attached hydrogens (tertiary/aromatic N) is 2. The number of halogens is 1. The molecule has 0 aliphatic rings. The van der Waals surface area contributed by atoms with E-state index in [0.717, 1.165) is 28.9 Å². The molecule has 5 heteroatoms. The van der Waals surface area contributed by atoms with Crippen LogP contribution in [0, 0.1) is 26.6 Å². The highest BCUT2D eigenvalue weighted by Gasteiger charge is 2.18. The van der Waals surface area contributed by atoms with E-state index in [1.807, 2.05) is 32.5 Å². The van der Waals surface area contributed by atoms with Gasteiger partial charge in [-0.3, -0.25) is 16.0 Å². The third-order valence-corrected chi connectivity index (χ3v) is 3.88. The fourth-order valence-electron chi connectivity index (χ4n) is 2.61. The van der Waals surface area contributed by atoms with Gasteiger partial charge in [0, 0.05) is 12.7 Å². The molecule has 0 saturated heterocycles. The molecule has 0 radical (unpaired) electrons. The van der Waals surface area contributed by atoms with Crippen LogP contribution in [-0.4, -0.2) is 9.78 Å². The van der Waals surface area contributed by atoms with Gasteiger partial charge < -0.3 is 0 Å². The third-order valence-electron chi connectivity index (χ3n) is 3.88. The van der Waals surface area contributed by atoms with E-state index in [-0.39, 0.29) is 11.9 Å². The van der Waals surface area contributed by atoms with Crippen LogP contribution < -0.4 is 11.3 Å². The molecule has 0 fully saturated rings. The largest absolute Gasteiger partial charge is 0.272 e. The number of nitrogens with one attached hydrogen (secondary N) is 1. The molecular formula is C15H21FN4. The van der Waals surface area contributed by atoms with Gasteiger partial charge in [0.1, 0.15) is 5.82 Å². The first-order valence-corrected chi connectivity index (χ1v) is 6.65. The van der Waals surface area contributed by atoms with E-state index in [1.165, 1.54) is 17.7 Å². The molecule has 0 aliphatic heterocycles. The normalized spacial score (nSPS) is 12.7. The molecule has 2 aromatic rings. The van der Waals surface area contributed by atoms with Crippen molar-refractivity contribution in [2.24, 2.45) is 12.9 Å². The molecule has 0 aliphatic carbocycles. The first-order chi connectivity index (χ1) is 9.43. The lowest BCUT2D eigenvalue weighted by molar-refractivity contribution is 0.544. The standard InChI is InChI=1S/C15H21FN4/c1-9-7-12(16)5-6-13(9)15(18-17)8-14-10(2)19-20(4)11(14)3/h5-7,15,18H,8,17H2,1-4H3. The van der Waals surface area contributed by atoms with Crippen molar-refractivity contribution in [3.05, 3.63) is 52.1 Å². The predicted octanol–water partition coefficient (Wildman–Crippen LogP) is 2.23. The molecule has 1 aromatic carbocycles. The number of aromatic nitrogens is 2. The lowest BCUT2D eigenvalue weighted by Crippen LogP contribution is -2.30. The monoisotopic (exact) mass is 276 g/mol. The fraction of sp³-hybridized carbons (Fsp3) is 0.400. The highest BCUT2D eigenvalue weighted by Crippen LogP contribution is 2.24. The summed E-state index contributed by atoms with van der Waals surface area (Å²) >= 11 is 0. The minimum Gasteiger partial charge on any atom is -0.272 e. The molecule has 0 spiro atoms. The molecule has 1 unspecified atom stereocenters. The minimum absolute atomic E-state index is 0.0581. The van der Waals surface area contributed by atoms with Gasteiger partial charge in [0.15, 0.2) is 0 Å². The van der Waals surface area contributed by atoms with Crippen LogP contribution in [0.15, 0.2) is 18.2 Å². The van der Waals surface area contributed by atoms with Crippen LogP contribution in [-0.2, 0) is 13.5 Å². The van der Waals surface area contributed by atoms with Gasteiger partial charge in [-0.05, 0) is 56.0 Å². The van der Waals surface area contributed by atoms with Gasteiger partial charge >= 0.3 is 0 Å². The lowest BCUT2D eigenvalue weighted by Gasteiger charge is -2.19. The second-order valence-corrected chi connectivity index (χ2v) is 5.20. The quantitative estimate of drug-likeness (QED) is 0.665. The maximum atomic E-state index is 13.2. The Morgan fingerprint density at radius 1 is 1.35 bits per heavy atom. The molecule has 1 heterocycles. The van der Waals surface area contributed by atoms with Gasteiger partial charge in [-0.25, -0.2) is 4.39 Å². The molecule has 20 heavy (non-hydrogen) atoms. The van der Waals surface area contributed by atoms with Crippen molar-refractivity contribution in [3.8, 4) is 0 Å².